The van der Waals surface area contributed by atoms with Gasteiger partial charge in [0.1, 0.15) is 0 Å². The minimum absolute atomic E-state index is 0.134. The molecule has 1 aromatic carbocycles. The summed E-state index contributed by atoms with van der Waals surface area (Å²) in [5.41, 5.74) is 6.38. The molecule has 0 spiro atoms. The summed E-state index contributed by atoms with van der Waals surface area (Å²) in [7, 11) is 0. The van der Waals surface area contributed by atoms with Gasteiger partial charge in [0.05, 0.1) is 0 Å². The third-order valence-corrected chi connectivity index (χ3v) is 2.21. The normalized spacial score (nSPS) is 27.2. The molecule has 2 atom stereocenters. The molecule has 2 rings (SSSR count). The topological polar surface area (TPSA) is 26.0 Å². The lowest BCUT2D eigenvalue weighted by Crippen LogP contribution is -2.01. The van der Waals surface area contributed by atoms with Gasteiger partial charge in [0.15, 0.2) is 11.6 Å². The van der Waals surface area contributed by atoms with Gasteiger partial charge in [0.25, 0.3) is 0 Å². The molecule has 1 saturated carbocycles. The Morgan fingerprint density at radius 1 is 1.25 bits per heavy atom. The van der Waals surface area contributed by atoms with E-state index in [1.165, 1.54) is 6.07 Å². The van der Waals surface area contributed by atoms with Crippen molar-refractivity contribution in [3.8, 4) is 0 Å². The third-order valence-electron chi connectivity index (χ3n) is 2.21. The number of hydrogen-bond donors (Lipinski definition) is 1. The van der Waals surface area contributed by atoms with Crippen molar-refractivity contribution in [2.45, 2.75) is 18.4 Å². The summed E-state index contributed by atoms with van der Waals surface area (Å²) in [4.78, 5) is 0. The second-order valence-corrected chi connectivity index (χ2v) is 3.18. The first kappa shape index (κ1) is 7.68. The first-order valence-electron chi connectivity index (χ1n) is 3.89. The maximum atomic E-state index is 12.7. The van der Waals surface area contributed by atoms with Crippen molar-refractivity contribution < 1.29 is 8.78 Å². The van der Waals surface area contributed by atoms with Crippen molar-refractivity contribution in [2.75, 3.05) is 0 Å². The molecule has 0 heterocycles. The summed E-state index contributed by atoms with van der Waals surface area (Å²) in [6.07, 6.45) is 0.880. The first-order chi connectivity index (χ1) is 5.68. The highest BCUT2D eigenvalue weighted by molar-refractivity contribution is 5.28. The zero-order valence-corrected chi connectivity index (χ0v) is 6.43. The van der Waals surface area contributed by atoms with Crippen LogP contribution in [0.25, 0.3) is 0 Å². The van der Waals surface area contributed by atoms with E-state index in [2.05, 4.69) is 0 Å². The fraction of sp³-hybridized carbons (Fsp3) is 0.333. The number of halogens is 2. The molecule has 2 N–H and O–H groups in total. The van der Waals surface area contributed by atoms with Gasteiger partial charge in [-0.2, -0.15) is 0 Å². The maximum absolute atomic E-state index is 12.7. The molecule has 0 bridgehead atoms. The molecule has 3 heteroatoms. The van der Waals surface area contributed by atoms with Crippen molar-refractivity contribution in [1.82, 2.24) is 0 Å². The smallest absolute Gasteiger partial charge is 0.159 e. The van der Waals surface area contributed by atoms with E-state index >= 15 is 0 Å². The fourth-order valence-corrected chi connectivity index (χ4v) is 1.34. The quantitative estimate of drug-likeness (QED) is 0.681. The Labute approximate surface area is 69.2 Å². The van der Waals surface area contributed by atoms with Crippen molar-refractivity contribution >= 4 is 0 Å². The number of benzene rings is 1. The number of hydrogen-bond acceptors (Lipinski definition) is 1. The number of rotatable bonds is 1. The van der Waals surface area contributed by atoms with Crippen LogP contribution in [0.1, 0.15) is 17.9 Å². The van der Waals surface area contributed by atoms with Crippen LogP contribution < -0.4 is 5.73 Å². The molecule has 1 aromatic rings. The van der Waals surface area contributed by atoms with Crippen LogP contribution in [0.3, 0.4) is 0 Å². The maximum Gasteiger partial charge on any atom is 0.159 e. The minimum Gasteiger partial charge on any atom is -0.327 e. The van der Waals surface area contributed by atoms with Gasteiger partial charge in [-0.05, 0) is 24.1 Å². The van der Waals surface area contributed by atoms with Crippen LogP contribution in [-0.4, -0.2) is 6.04 Å². The Morgan fingerprint density at radius 3 is 2.42 bits per heavy atom. The molecule has 0 aromatic heterocycles. The molecule has 0 aliphatic heterocycles. The van der Waals surface area contributed by atoms with Gasteiger partial charge in [-0.15, -0.1) is 0 Å². The van der Waals surface area contributed by atoms with Crippen molar-refractivity contribution in [3.63, 3.8) is 0 Å². The van der Waals surface area contributed by atoms with Crippen LogP contribution in [0.2, 0.25) is 0 Å². The first-order valence-corrected chi connectivity index (χ1v) is 3.89. The van der Waals surface area contributed by atoms with E-state index in [0.29, 0.717) is 0 Å². The molecule has 0 radical (unpaired) electrons. The van der Waals surface area contributed by atoms with Crippen LogP contribution in [0.5, 0.6) is 0 Å². The van der Waals surface area contributed by atoms with Crippen LogP contribution in [0.15, 0.2) is 18.2 Å². The zero-order valence-electron chi connectivity index (χ0n) is 6.43. The van der Waals surface area contributed by atoms with E-state index in [9.17, 15) is 8.78 Å². The van der Waals surface area contributed by atoms with Crippen LogP contribution in [-0.2, 0) is 0 Å². The Bertz CT molecular complexity index is 311. The molecule has 0 saturated heterocycles. The predicted octanol–water partition coefficient (Wildman–Crippen LogP) is 1.78. The molecule has 1 unspecified atom stereocenters. The van der Waals surface area contributed by atoms with Crippen LogP contribution >= 0.6 is 0 Å². The summed E-state index contributed by atoms with van der Waals surface area (Å²) in [6, 6.07) is 4.10. The largest absolute Gasteiger partial charge is 0.327 e. The molecule has 1 nitrogen and oxygen atoms in total. The molecule has 0 amide bonds. The summed E-state index contributed by atoms with van der Waals surface area (Å²) in [6.45, 7) is 0. The van der Waals surface area contributed by atoms with E-state index < -0.39 is 11.6 Å². The fourth-order valence-electron chi connectivity index (χ4n) is 1.34. The van der Waals surface area contributed by atoms with Crippen molar-refractivity contribution in [3.05, 3.63) is 35.4 Å². The highest BCUT2D eigenvalue weighted by Gasteiger charge is 2.35. The third kappa shape index (κ3) is 1.20. The predicted molar refractivity (Wildman–Crippen MR) is 41.7 cm³/mol. The van der Waals surface area contributed by atoms with Gasteiger partial charge in [0, 0.05) is 12.0 Å². The van der Waals surface area contributed by atoms with Crippen molar-refractivity contribution in [1.29, 1.82) is 0 Å². The van der Waals surface area contributed by atoms with E-state index in [1.54, 1.807) is 6.07 Å². The van der Waals surface area contributed by atoms with Gasteiger partial charge in [-0.25, -0.2) is 8.78 Å². The summed E-state index contributed by atoms with van der Waals surface area (Å²) >= 11 is 0. The Hall–Kier alpha value is -0.960. The molecule has 1 aliphatic rings. The minimum atomic E-state index is -0.798. The average Bonchev–Trinajstić information content (AvgIpc) is 2.73. The highest BCUT2D eigenvalue weighted by Crippen LogP contribution is 2.39. The summed E-state index contributed by atoms with van der Waals surface area (Å²) < 4.78 is 25.2. The molecule has 64 valence electrons. The van der Waals surface area contributed by atoms with Gasteiger partial charge < -0.3 is 5.73 Å². The Kier molecular flexibility index (Phi) is 1.61. The van der Waals surface area contributed by atoms with Crippen LogP contribution in [0.4, 0.5) is 8.78 Å². The van der Waals surface area contributed by atoms with Crippen LogP contribution in [0, 0.1) is 11.6 Å². The van der Waals surface area contributed by atoms with Gasteiger partial charge >= 0.3 is 0 Å². The SMILES string of the molecule is NC1C[C@@H]1c1ccc(F)c(F)c1. The lowest BCUT2D eigenvalue weighted by Gasteiger charge is -1.98. The monoisotopic (exact) mass is 169 g/mol. The molecule has 1 aliphatic carbocycles. The molecule has 1 fully saturated rings. The molecular weight excluding hydrogens is 160 g/mol. The average molecular weight is 169 g/mol. The number of nitrogens with two attached hydrogens (primary N) is 1. The summed E-state index contributed by atoms with van der Waals surface area (Å²) in [5, 5.41) is 0. The molecule has 12 heavy (non-hydrogen) atoms. The van der Waals surface area contributed by atoms with E-state index in [4.69, 9.17) is 5.73 Å². The standard InChI is InChI=1S/C9H9F2N/c10-7-2-1-5(3-8(7)11)6-4-9(6)12/h1-3,6,9H,4,12H2/t6-,9?/m1/s1. The Balaban J connectivity index is 2.29. The second kappa shape index (κ2) is 2.52. The van der Waals surface area contributed by atoms with Crippen molar-refractivity contribution in [2.24, 2.45) is 5.73 Å². The van der Waals surface area contributed by atoms with Gasteiger partial charge in [-0.1, -0.05) is 6.07 Å². The Morgan fingerprint density at radius 2 is 1.92 bits per heavy atom. The second-order valence-electron chi connectivity index (χ2n) is 3.18. The lowest BCUT2D eigenvalue weighted by molar-refractivity contribution is 0.507. The van der Waals surface area contributed by atoms with E-state index in [0.717, 1.165) is 18.1 Å². The van der Waals surface area contributed by atoms with E-state index in [1.807, 2.05) is 0 Å². The van der Waals surface area contributed by atoms with E-state index in [-0.39, 0.29) is 12.0 Å². The van der Waals surface area contributed by atoms with Gasteiger partial charge in [0.2, 0.25) is 0 Å². The summed E-state index contributed by atoms with van der Waals surface area (Å²) in [5.74, 6) is -1.35. The zero-order chi connectivity index (χ0) is 8.72. The molecular formula is C9H9F2N. The highest BCUT2D eigenvalue weighted by atomic mass is 19.2. The lowest BCUT2D eigenvalue weighted by atomic mass is 10.1. The van der Waals surface area contributed by atoms with Gasteiger partial charge in [-0.3, -0.25) is 0 Å².